The molecule has 654 valence electrons. The minimum atomic E-state index is -4.97. The zero-order chi connectivity index (χ0) is 80.6. The first kappa shape index (κ1) is 108. The summed E-state index contributed by atoms with van der Waals surface area (Å²) in [6.07, 6.45) is 76.6. The standard InChI is InChI=1S/C91H178O17P2/c1-7-9-11-13-15-17-19-21-23-25-27-29-30-32-34-36-41-45-49-57-63-69-75-90(95)107-86(79-101-88(93)73-67-61-55-48-44-40-35-33-31-28-26-24-22-20-18-16-14-12-10-8-2)81-105-109(97,98)103-77-85(92)78-104-110(99,100)106-82-87(80-102-89(94)74-68-62-56-52-51-54-60-66-72-84(5)6)108-91(96)76-70-64-58-50-46-42-38-37-39-43-47-53-59-65-71-83(3)4/h83-87,92H,7-82H2,1-6H3,(H,97,98)(H,99,100)/t85-,86-,87-/m1/s1. The molecule has 0 spiro atoms. The molecule has 0 fully saturated rings. The maximum absolute atomic E-state index is 13.2. The normalized spacial score (nSPS) is 13.7. The SMILES string of the molecule is CCCCCCCCCCCCCCCCCCCCCCCCC(=O)O[C@H](COC(=O)CCCCCCCCCCCCCCCCCCCCCC)COP(=O)(O)OC[C@@H](O)COP(=O)(O)OC[C@@H](COC(=O)CCCCCCCCCCC(C)C)OC(=O)CCCCCCCCCCCCCCCCC(C)C. The highest BCUT2D eigenvalue weighted by atomic mass is 31.2. The van der Waals surface area contributed by atoms with E-state index >= 15 is 0 Å². The predicted molar refractivity (Wildman–Crippen MR) is 455 cm³/mol. The Bertz CT molecular complexity index is 2100. The van der Waals surface area contributed by atoms with Crippen molar-refractivity contribution in [3.63, 3.8) is 0 Å². The molecular weight excluding hydrogens is 1430 g/mol. The largest absolute Gasteiger partial charge is 0.472 e. The van der Waals surface area contributed by atoms with Crippen LogP contribution in [0.4, 0.5) is 0 Å². The molecule has 0 rings (SSSR count). The van der Waals surface area contributed by atoms with Crippen LogP contribution in [0.2, 0.25) is 0 Å². The van der Waals surface area contributed by atoms with E-state index in [0.29, 0.717) is 25.7 Å². The summed E-state index contributed by atoms with van der Waals surface area (Å²) in [5, 5.41) is 10.7. The van der Waals surface area contributed by atoms with Gasteiger partial charge in [-0.1, -0.05) is 440 Å². The van der Waals surface area contributed by atoms with Crippen molar-refractivity contribution in [1.82, 2.24) is 0 Å². The summed E-state index contributed by atoms with van der Waals surface area (Å²) in [6.45, 7) is 9.68. The Labute approximate surface area is 677 Å². The monoisotopic (exact) mass is 1610 g/mol. The summed E-state index contributed by atoms with van der Waals surface area (Å²) in [4.78, 5) is 73.4. The third kappa shape index (κ3) is 84.0. The Morgan fingerprint density at radius 1 is 0.245 bits per heavy atom. The van der Waals surface area contributed by atoms with E-state index in [1.54, 1.807) is 0 Å². The van der Waals surface area contributed by atoms with Gasteiger partial charge in [-0.2, -0.15) is 0 Å². The number of esters is 4. The number of phosphoric acid groups is 2. The van der Waals surface area contributed by atoms with Gasteiger partial charge in [-0.3, -0.25) is 37.3 Å². The number of rotatable bonds is 90. The molecule has 0 heterocycles. The van der Waals surface area contributed by atoms with Gasteiger partial charge in [-0.05, 0) is 37.5 Å². The summed E-state index contributed by atoms with van der Waals surface area (Å²) >= 11 is 0. The second kappa shape index (κ2) is 82.2. The molecule has 0 saturated heterocycles. The lowest BCUT2D eigenvalue weighted by molar-refractivity contribution is -0.161. The van der Waals surface area contributed by atoms with Crippen LogP contribution in [-0.2, 0) is 65.4 Å². The number of hydrogen-bond acceptors (Lipinski definition) is 15. The number of aliphatic hydroxyl groups excluding tert-OH is 1. The molecule has 0 aliphatic rings. The number of carbonyl (C=O) groups excluding carboxylic acids is 4. The van der Waals surface area contributed by atoms with Gasteiger partial charge < -0.3 is 33.8 Å². The van der Waals surface area contributed by atoms with E-state index in [1.807, 2.05) is 0 Å². The van der Waals surface area contributed by atoms with Crippen LogP contribution in [0.15, 0.2) is 0 Å². The van der Waals surface area contributed by atoms with Gasteiger partial charge in [0, 0.05) is 25.7 Å². The maximum atomic E-state index is 13.2. The molecular formula is C91H178O17P2. The molecule has 17 nitrogen and oxygen atoms in total. The van der Waals surface area contributed by atoms with Gasteiger partial charge in [0.05, 0.1) is 26.4 Å². The minimum Gasteiger partial charge on any atom is -0.462 e. The molecule has 5 atom stereocenters. The third-order valence-electron chi connectivity index (χ3n) is 21.5. The summed E-state index contributed by atoms with van der Waals surface area (Å²) in [5.74, 6) is -0.577. The molecule has 0 amide bonds. The lowest BCUT2D eigenvalue weighted by atomic mass is 10.0. The molecule has 0 aromatic rings. The Balaban J connectivity index is 5.23. The Morgan fingerprint density at radius 2 is 0.418 bits per heavy atom. The van der Waals surface area contributed by atoms with Gasteiger partial charge in [0.2, 0.25) is 0 Å². The summed E-state index contributed by atoms with van der Waals surface area (Å²) in [7, 11) is -9.94. The predicted octanol–water partition coefficient (Wildman–Crippen LogP) is 28.2. The van der Waals surface area contributed by atoms with Crippen molar-refractivity contribution < 1.29 is 80.2 Å². The molecule has 0 aromatic heterocycles. The van der Waals surface area contributed by atoms with Crippen LogP contribution in [0.3, 0.4) is 0 Å². The van der Waals surface area contributed by atoms with Crippen molar-refractivity contribution in [2.24, 2.45) is 11.8 Å². The minimum absolute atomic E-state index is 0.107. The van der Waals surface area contributed by atoms with Crippen molar-refractivity contribution >= 4 is 39.5 Å². The van der Waals surface area contributed by atoms with E-state index in [2.05, 4.69) is 41.5 Å². The molecule has 3 N–H and O–H groups in total. The molecule has 110 heavy (non-hydrogen) atoms. The van der Waals surface area contributed by atoms with Crippen LogP contribution in [0.1, 0.15) is 491 Å². The quantitative estimate of drug-likeness (QED) is 0.0222. The van der Waals surface area contributed by atoms with E-state index in [9.17, 15) is 43.2 Å². The second-order valence-electron chi connectivity index (χ2n) is 33.6. The second-order valence-corrected chi connectivity index (χ2v) is 36.6. The number of ether oxygens (including phenoxy) is 4. The van der Waals surface area contributed by atoms with Crippen molar-refractivity contribution in [1.29, 1.82) is 0 Å². The van der Waals surface area contributed by atoms with Crippen LogP contribution in [0.5, 0.6) is 0 Å². The zero-order valence-electron chi connectivity index (χ0n) is 72.6. The smallest absolute Gasteiger partial charge is 0.462 e. The van der Waals surface area contributed by atoms with Crippen molar-refractivity contribution in [2.75, 3.05) is 39.6 Å². The number of hydrogen-bond donors (Lipinski definition) is 3. The Kier molecular flexibility index (Phi) is 80.7. The molecule has 0 aromatic carbocycles. The van der Waals surface area contributed by atoms with E-state index < -0.39 is 97.5 Å². The molecule has 0 aliphatic heterocycles. The fourth-order valence-corrected chi connectivity index (χ4v) is 15.9. The van der Waals surface area contributed by atoms with Crippen molar-refractivity contribution in [3.05, 3.63) is 0 Å². The highest BCUT2D eigenvalue weighted by Crippen LogP contribution is 2.45. The van der Waals surface area contributed by atoms with Crippen molar-refractivity contribution in [2.45, 2.75) is 509 Å². The average Bonchev–Trinajstić information content (AvgIpc) is 0.900. The molecule has 0 radical (unpaired) electrons. The first-order valence-corrected chi connectivity index (χ1v) is 50.0. The fourth-order valence-electron chi connectivity index (χ4n) is 14.3. The van der Waals surface area contributed by atoms with Gasteiger partial charge in [0.15, 0.2) is 12.2 Å². The average molecular weight is 1610 g/mol. The molecule has 19 heteroatoms. The van der Waals surface area contributed by atoms with Gasteiger partial charge in [-0.25, -0.2) is 9.13 Å². The van der Waals surface area contributed by atoms with Crippen LogP contribution >= 0.6 is 15.6 Å². The van der Waals surface area contributed by atoms with Crippen LogP contribution in [0, 0.1) is 11.8 Å². The number of unbranched alkanes of at least 4 members (excludes halogenated alkanes) is 60. The van der Waals surface area contributed by atoms with Gasteiger partial charge in [0.25, 0.3) is 0 Å². The van der Waals surface area contributed by atoms with Crippen LogP contribution in [-0.4, -0.2) is 96.7 Å². The number of phosphoric ester groups is 2. The van der Waals surface area contributed by atoms with Gasteiger partial charge >= 0.3 is 39.5 Å². The summed E-state index contributed by atoms with van der Waals surface area (Å²) in [5.41, 5.74) is 0. The summed E-state index contributed by atoms with van der Waals surface area (Å²) in [6, 6.07) is 0. The first-order valence-electron chi connectivity index (χ1n) is 47.0. The molecule has 0 saturated carbocycles. The Morgan fingerprint density at radius 3 is 0.618 bits per heavy atom. The van der Waals surface area contributed by atoms with Gasteiger partial charge in [0.1, 0.15) is 19.3 Å². The number of aliphatic hydroxyl groups is 1. The highest BCUT2D eigenvalue weighted by molar-refractivity contribution is 7.47. The van der Waals surface area contributed by atoms with Crippen LogP contribution in [0.25, 0.3) is 0 Å². The van der Waals surface area contributed by atoms with Crippen molar-refractivity contribution in [3.8, 4) is 0 Å². The van der Waals surface area contributed by atoms with E-state index in [0.717, 1.165) is 102 Å². The molecule has 2 unspecified atom stereocenters. The van der Waals surface area contributed by atoms with Crippen LogP contribution < -0.4 is 0 Å². The maximum Gasteiger partial charge on any atom is 0.472 e. The fraction of sp³-hybridized carbons (Fsp3) is 0.956. The lowest BCUT2D eigenvalue weighted by Crippen LogP contribution is -2.30. The first-order chi connectivity index (χ1) is 53.4. The Hall–Kier alpha value is -1.94. The van der Waals surface area contributed by atoms with E-state index in [4.69, 9.17) is 37.0 Å². The van der Waals surface area contributed by atoms with E-state index in [-0.39, 0.29) is 25.7 Å². The highest BCUT2D eigenvalue weighted by Gasteiger charge is 2.31. The summed E-state index contributed by atoms with van der Waals surface area (Å²) < 4.78 is 69.1. The molecule has 0 aliphatic carbocycles. The zero-order valence-corrected chi connectivity index (χ0v) is 74.4. The van der Waals surface area contributed by atoms with Gasteiger partial charge in [-0.15, -0.1) is 0 Å². The molecule has 0 bridgehead atoms. The number of carbonyl (C=O) groups is 4. The van der Waals surface area contributed by atoms with E-state index in [1.165, 1.54) is 308 Å². The lowest BCUT2D eigenvalue weighted by Gasteiger charge is -2.21. The topological polar surface area (TPSA) is 237 Å². The third-order valence-corrected chi connectivity index (χ3v) is 23.4.